The number of methoxy groups -OCH3 is 1. The average Bonchev–Trinajstić information content (AvgIpc) is 3.38. The molecule has 1 unspecified atom stereocenters. The van der Waals surface area contributed by atoms with E-state index in [0.29, 0.717) is 19.4 Å². The second-order valence-corrected chi connectivity index (χ2v) is 32.3. The maximum atomic E-state index is 14.9. The van der Waals surface area contributed by atoms with Crippen LogP contribution in [0.5, 0.6) is 0 Å². The number of hydrogen-bond donors (Lipinski definition) is 5. The van der Waals surface area contributed by atoms with Gasteiger partial charge in [0.15, 0.2) is 6.29 Å². The van der Waals surface area contributed by atoms with Crippen LogP contribution in [-0.2, 0) is 28.5 Å². The van der Waals surface area contributed by atoms with E-state index < -0.39 is 103 Å². The van der Waals surface area contributed by atoms with Crippen LogP contribution in [0.15, 0.2) is 0 Å². The number of aliphatic hydroxyl groups excluding tert-OH is 3. The van der Waals surface area contributed by atoms with Gasteiger partial charge in [0.05, 0.1) is 29.8 Å². The third kappa shape index (κ3) is 14.9. The number of rotatable bonds is 16. The molecule has 0 aromatic rings. The molecule has 5 N–H and O–H groups in total. The number of cyclic esters (lactones) is 1. The number of unbranched alkanes of at least 4 members (excludes halogenated alkanes) is 3. The Kier molecular flexibility index (Phi) is 23.7. The van der Waals surface area contributed by atoms with Gasteiger partial charge in [-0.3, -0.25) is 4.79 Å². The summed E-state index contributed by atoms with van der Waals surface area (Å²) >= 11 is 0. The first kappa shape index (κ1) is 63.6. The molecule has 0 amide bonds. The van der Waals surface area contributed by atoms with Gasteiger partial charge in [0.25, 0.3) is 0 Å². The molecule has 13 nitrogen and oxygen atoms in total. The molecular formula is C61H115N2O11P. The number of ether oxygens (including phenoxy) is 5. The normalized spacial score (nSPS) is 43.0. The minimum atomic E-state index is -1.79. The van der Waals surface area contributed by atoms with E-state index in [1.807, 2.05) is 53.6 Å². The molecule has 6 fully saturated rings. The predicted octanol–water partition coefficient (Wildman–Crippen LogP) is 9.85. The van der Waals surface area contributed by atoms with Crippen LogP contribution in [0, 0.1) is 23.7 Å². The van der Waals surface area contributed by atoms with Gasteiger partial charge in [-0.05, 0) is 47.2 Å². The second-order valence-electron chi connectivity index (χ2n) is 27.1. The standard InChI is InChI=1S/C61H115N2O11P/c1-14-51-61(10,69)54(65)44(6)63(34-26-15-16-27-35-75(46-28-20-17-21-29-46,47-30-22-18-23-31-47)48-32-24-19-25-33-48)39-40(2)37-59(8,68)56(74-58-53(64)49(62(11)12)36-41(3)71-58)42(4)52(43(5)57(67)73-51)50-38-60(9,70-13)55(66)45(7)72-50/h40-56,58,64-66,68-69,75H,14-39H2,1-13H3/t40-,41-,42+,43-,44-,45+,49+,50?,51-,52+,53-,54-,55+,56-,58+,59-,60-,61-/m1/s1. The number of likely N-dealkylation sites (N-methyl/N-ethyl adjacent to an activating group) is 1. The molecule has 75 heavy (non-hydrogen) atoms. The summed E-state index contributed by atoms with van der Waals surface area (Å²) in [6.45, 7) is 20.0. The molecule has 3 saturated heterocycles. The number of esters is 1. The van der Waals surface area contributed by atoms with E-state index in [1.165, 1.54) is 115 Å². The summed E-state index contributed by atoms with van der Waals surface area (Å²) in [5, 5.41) is 61.4. The van der Waals surface area contributed by atoms with E-state index in [-0.39, 0.29) is 30.9 Å². The van der Waals surface area contributed by atoms with Crippen molar-refractivity contribution in [2.75, 3.05) is 40.5 Å². The summed E-state index contributed by atoms with van der Waals surface area (Å²) in [4.78, 5) is 19.2. The molecule has 0 aromatic heterocycles. The van der Waals surface area contributed by atoms with Gasteiger partial charge in [-0.1, -0.05) is 20.8 Å². The Morgan fingerprint density at radius 3 is 1.81 bits per heavy atom. The molecule has 14 heteroatoms. The number of nitrogens with zero attached hydrogens (tertiary/aromatic N) is 2. The second kappa shape index (κ2) is 28.0. The zero-order chi connectivity index (χ0) is 55.0. The average molecular weight is 1080 g/mol. The van der Waals surface area contributed by atoms with Crippen LogP contribution >= 0.6 is 7.26 Å². The number of carbonyl (C=O) groups is 1. The van der Waals surface area contributed by atoms with Crippen molar-refractivity contribution < 1.29 is 54.0 Å². The fourth-order valence-electron chi connectivity index (χ4n) is 17.1. The van der Waals surface area contributed by atoms with Gasteiger partial charge < -0.3 is 34.1 Å². The quantitative estimate of drug-likeness (QED) is 0.0563. The van der Waals surface area contributed by atoms with Crippen LogP contribution in [-0.4, -0.2) is 183 Å². The van der Waals surface area contributed by atoms with Crippen LogP contribution in [0.25, 0.3) is 0 Å². The van der Waals surface area contributed by atoms with Crippen LogP contribution in [0.1, 0.15) is 217 Å². The van der Waals surface area contributed by atoms with Crippen molar-refractivity contribution in [2.24, 2.45) is 23.7 Å². The molecule has 6 aliphatic rings. The van der Waals surface area contributed by atoms with Crippen molar-refractivity contribution in [3.8, 4) is 0 Å². The Morgan fingerprint density at radius 1 is 0.747 bits per heavy atom. The minimum absolute atomic E-state index is 0.115. The Bertz CT molecular complexity index is 1660. The zero-order valence-corrected chi connectivity index (χ0v) is 50.9. The summed E-state index contributed by atoms with van der Waals surface area (Å²) in [6.07, 6.45) is 21.5. The molecule has 3 aliphatic heterocycles. The molecule has 0 radical (unpaired) electrons. The molecular weight excluding hydrogens is 968 g/mol. The van der Waals surface area contributed by atoms with Gasteiger partial charge >= 0.3 is 278 Å². The Labute approximate surface area is 457 Å². The SMILES string of the molecule is CC[C@H]1OC(=O)[C@H](C)[C@@H](C2C[C@@](C)(OC)[C@@H](O)[C@H](C)O2)[C@H](C)[C@@H](O[C@@H]2O[C@H](C)C[C@H](N(C)C)[C@H]2O)[C@](C)(O)C[C@@H](C)CN(CCCCCC[PH](C2CCCCC2)(C2CCCCC2)C2CCCCC2)[C@H](C)[C@@H](O)[C@]1(C)O. The zero-order valence-electron chi connectivity index (χ0n) is 49.9. The van der Waals surface area contributed by atoms with E-state index in [2.05, 4.69) is 11.8 Å². The third-order valence-electron chi connectivity index (χ3n) is 21.3. The summed E-state index contributed by atoms with van der Waals surface area (Å²) < 4.78 is 32.5. The van der Waals surface area contributed by atoms with Crippen molar-refractivity contribution in [2.45, 2.75) is 318 Å². The van der Waals surface area contributed by atoms with E-state index in [0.717, 1.165) is 36.4 Å². The number of aliphatic hydroxyl groups is 5. The summed E-state index contributed by atoms with van der Waals surface area (Å²) in [7, 11) is 3.88. The molecule has 3 aliphatic carbocycles. The topological polar surface area (TPSA) is 171 Å². The number of hydrogen-bond acceptors (Lipinski definition) is 13. The van der Waals surface area contributed by atoms with E-state index in [4.69, 9.17) is 23.7 Å². The summed E-state index contributed by atoms with van der Waals surface area (Å²) in [5.74, 6) is -2.85. The van der Waals surface area contributed by atoms with E-state index >= 15 is 0 Å². The first-order valence-electron chi connectivity index (χ1n) is 31.0. The first-order chi connectivity index (χ1) is 35.4. The molecule has 6 rings (SSSR count). The molecule has 0 bridgehead atoms. The Hall–Kier alpha value is -0.540. The molecule has 18 atom stereocenters. The van der Waals surface area contributed by atoms with Crippen molar-refractivity contribution in [3.63, 3.8) is 0 Å². The molecule has 0 spiro atoms. The van der Waals surface area contributed by atoms with Crippen molar-refractivity contribution in [3.05, 3.63) is 0 Å². The first-order valence-corrected chi connectivity index (χ1v) is 33.5. The maximum absolute atomic E-state index is 14.9. The van der Waals surface area contributed by atoms with Gasteiger partial charge in [-0.2, -0.15) is 0 Å². The number of carbonyl (C=O) groups excluding carboxylic acids is 1. The summed E-state index contributed by atoms with van der Waals surface area (Å²) in [6, 6.07) is -0.761. The Balaban J connectivity index is 1.29. The van der Waals surface area contributed by atoms with Gasteiger partial charge in [-0.15, -0.1) is 0 Å². The monoisotopic (exact) mass is 1080 g/mol. The van der Waals surface area contributed by atoms with E-state index in [9.17, 15) is 30.3 Å². The van der Waals surface area contributed by atoms with Crippen LogP contribution in [0.4, 0.5) is 0 Å². The van der Waals surface area contributed by atoms with Gasteiger partial charge in [0.1, 0.15) is 12.2 Å². The predicted molar refractivity (Wildman–Crippen MR) is 304 cm³/mol. The molecule has 3 saturated carbocycles. The third-order valence-corrected chi connectivity index (χ3v) is 28.8. The van der Waals surface area contributed by atoms with E-state index in [1.54, 1.807) is 34.8 Å². The van der Waals surface area contributed by atoms with Gasteiger partial charge in [0, 0.05) is 25.5 Å². The summed E-state index contributed by atoms with van der Waals surface area (Å²) in [5.41, 5.74) is -1.29. The van der Waals surface area contributed by atoms with Crippen molar-refractivity contribution in [1.82, 2.24) is 9.80 Å². The van der Waals surface area contributed by atoms with Gasteiger partial charge in [0.2, 0.25) is 0 Å². The van der Waals surface area contributed by atoms with Crippen LogP contribution < -0.4 is 0 Å². The fourth-order valence-corrected chi connectivity index (χ4v) is 25.6. The van der Waals surface area contributed by atoms with Crippen molar-refractivity contribution >= 4 is 13.2 Å². The molecule has 3 heterocycles. The van der Waals surface area contributed by atoms with Crippen LogP contribution in [0.3, 0.4) is 0 Å². The molecule has 440 valence electrons. The van der Waals surface area contributed by atoms with Crippen molar-refractivity contribution in [1.29, 1.82) is 0 Å². The fraction of sp³-hybridized carbons (Fsp3) is 0.984. The van der Waals surface area contributed by atoms with Gasteiger partial charge in [-0.25, -0.2) is 0 Å². The molecule has 0 aromatic carbocycles. The Morgan fingerprint density at radius 2 is 1.29 bits per heavy atom. The van der Waals surface area contributed by atoms with Crippen LogP contribution in [0.2, 0.25) is 0 Å².